The standard InChI is InChI=1S/C21H24N4O4/c1-11-19(12(2)29-24-11)13-4-5-18-17(8-13)22-20(16-6-7-28-21(26)23-16)25(18)14-9-15(10-14)27-3/h4-5,8,14-16H,6-7,9-10H2,1-3H3,(H,23,26)/t14-,15-,16-/m0/s1. The highest BCUT2D eigenvalue weighted by Crippen LogP contribution is 2.40. The first-order valence-electron chi connectivity index (χ1n) is 9.96. The number of ether oxygens (including phenoxy) is 2. The average Bonchev–Trinajstić information content (AvgIpc) is 3.21. The van der Waals surface area contributed by atoms with E-state index in [1.165, 1.54) is 0 Å². The number of methoxy groups -OCH3 is 1. The minimum absolute atomic E-state index is 0.159. The van der Waals surface area contributed by atoms with Crippen LogP contribution in [0.15, 0.2) is 22.7 Å². The molecule has 2 aliphatic rings. The molecule has 152 valence electrons. The fourth-order valence-corrected chi connectivity index (χ4v) is 4.46. The van der Waals surface area contributed by atoms with Crippen molar-refractivity contribution in [3.63, 3.8) is 0 Å². The van der Waals surface area contributed by atoms with Gasteiger partial charge in [-0.2, -0.15) is 0 Å². The number of nitrogens with zero attached hydrogens (tertiary/aromatic N) is 3. The molecule has 0 bridgehead atoms. The molecule has 1 aromatic carbocycles. The molecule has 8 nitrogen and oxygen atoms in total. The van der Waals surface area contributed by atoms with Crippen LogP contribution in [0, 0.1) is 13.8 Å². The molecule has 0 unspecified atom stereocenters. The average molecular weight is 396 g/mol. The molecule has 0 radical (unpaired) electrons. The molecule has 1 atom stereocenters. The largest absolute Gasteiger partial charge is 0.449 e. The van der Waals surface area contributed by atoms with E-state index in [1.54, 1.807) is 7.11 Å². The number of aromatic nitrogens is 3. The van der Waals surface area contributed by atoms with Gasteiger partial charge in [-0.1, -0.05) is 11.2 Å². The number of cyclic esters (lactones) is 1. The SMILES string of the molecule is CO[C@H]1C[C@H](n2c([C@@H]3CCOC(=O)N3)nc3cc(-c4c(C)noc4C)ccc32)C1. The molecule has 1 amide bonds. The maximum absolute atomic E-state index is 11.8. The maximum Gasteiger partial charge on any atom is 0.407 e. The zero-order valence-electron chi connectivity index (χ0n) is 16.8. The Kier molecular flexibility index (Phi) is 4.31. The normalized spacial score (nSPS) is 24.2. The second-order valence-electron chi connectivity index (χ2n) is 7.85. The van der Waals surface area contributed by atoms with Crippen molar-refractivity contribution in [2.24, 2.45) is 0 Å². The van der Waals surface area contributed by atoms with Crippen molar-refractivity contribution in [2.75, 3.05) is 13.7 Å². The highest BCUT2D eigenvalue weighted by Gasteiger charge is 2.36. The summed E-state index contributed by atoms with van der Waals surface area (Å²) in [5, 5.41) is 6.99. The minimum atomic E-state index is -0.389. The third-order valence-corrected chi connectivity index (χ3v) is 6.05. The number of benzene rings is 1. The van der Waals surface area contributed by atoms with Crippen molar-refractivity contribution < 1.29 is 18.8 Å². The molecule has 1 saturated heterocycles. The number of carbonyl (C=O) groups is 1. The molecule has 2 fully saturated rings. The van der Waals surface area contributed by atoms with Gasteiger partial charge in [0.15, 0.2) is 0 Å². The lowest BCUT2D eigenvalue weighted by Gasteiger charge is -2.37. The number of imidazole rings is 1. The summed E-state index contributed by atoms with van der Waals surface area (Å²) < 4.78 is 18.1. The molecule has 1 aliphatic heterocycles. The molecule has 1 aliphatic carbocycles. The van der Waals surface area contributed by atoms with E-state index in [1.807, 2.05) is 13.8 Å². The number of hydrogen-bond donors (Lipinski definition) is 1. The Morgan fingerprint density at radius 1 is 1.28 bits per heavy atom. The Hall–Kier alpha value is -2.87. The van der Waals surface area contributed by atoms with Gasteiger partial charge < -0.3 is 23.9 Å². The van der Waals surface area contributed by atoms with Crippen molar-refractivity contribution in [3.05, 3.63) is 35.5 Å². The summed E-state index contributed by atoms with van der Waals surface area (Å²) >= 11 is 0. The Balaban J connectivity index is 1.61. The van der Waals surface area contributed by atoms with E-state index in [9.17, 15) is 4.79 Å². The van der Waals surface area contributed by atoms with Crippen molar-refractivity contribution >= 4 is 17.1 Å². The highest BCUT2D eigenvalue weighted by atomic mass is 16.6. The van der Waals surface area contributed by atoms with Crippen molar-refractivity contribution in [1.82, 2.24) is 20.0 Å². The molecular formula is C21H24N4O4. The smallest absolute Gasteiger partial charge is 0.407 e. The van der Waals surface area contributed by atoms with Gasteiger partial charge in [-0.15, -0.1) is 0 Å². The van der Waals surface area contributed by atoms with Gasteiger partial charge in [-0.05, 0) is 44.4 Å². The van der Waals surface area contributed by atoms with E-state index in [2.05, 4.69) is 33.2 Å². The van der Waals surface area contributed by atoms with E-state index in [4.69, 9.17) is 19.0 Å². The molecule has 0 spiro atoms. The van der Waals surface area contributed by atoms with Gasteiger partial charge >= 0.3 is 6.09 Å². The molecule has 1 N–H and O–H groups in total. The fourth-order valence-electron chi connectivity index (χ4n) is 4.46. The van der Waals surface area contributed by atoms with Crippen LogP contribution in [0.5, 0.6) is 0 Å². The predicted molar refractivity (Wildman–Crippen MR) is 106 cm³/mol. The van der Waals surface area contributed by atoms with Crippen LogP contribution < -0.4 is 5.32 Å². The number of carbonyl (C=O) groups excluding carboxylic acids is 1. The van der Waals surface area contributed by atoms with E-state index < -0.39 is 0 Å². The summed E-state index contributed by atoms with van der Waals surface area (Å²) in [6.07, 6.45) is 2.47. The Labute approximate surface area is 168 Å². The monoisotopic (exact) mass is 396 g/mol. The zero-order valence-corrected chi connectivity index (χ0v) is 16.8. The molecule has 29 heavy (non-hydrogen) atoms. The molecule has 1 saturated carbocycles. The third kappa shape index (κ3) is 2.98. The van der Waals surface area contributed by atoms with E-state index >= 15 is 0 Å². The molecular weight excluding hydrogens is 372 g/mol. The predicted octanol–water partition coefficient (Wildman–Crippen LogP) is 3.83. The summed E-state index contributed by atoms with van der Waals surface area (Å²) in [6, 6.07) is 6.42. The van der Waals surface area contributed by atoms with Crippen LogP contribution in [0.1, 0.15) is 48.6 Å². The Morgan fingerprint density at radius 2 is 2.10 bits per heavy atom. The number of amides is 1. The van der Waals surface area contributed by atoms with Crippen LogP contribution >= 0.6 is 0 Å². The second kappa shape index (κ2) is 6.88. The number of nitrogens with one attached hydrogen (secondary N) is 1. The molecule has 5 rings (SSSR count). The van der Waals surface area contributed by atoms with Gasteiger partial charge in [0.05, 0.1) is 35.5 Å². The van der Waals surface area contributed by atoms with Gasteiger partial charge in [0.25, 0.3) is 0 Å². The maximum atomic E-state index is 11.8. The first kappa shape index (κ1) is 18.2. The molecule has 2 aromatic heterocycles. The summed E-state index contributed by atoms with van der Waals surface area (Å²) in [7, 11) is 1.75. The van der Waals surface area contributed by atoms with Crippen LogP contribution in [0.2, 0.25) is 0 Å². The van der Waals surface area contributed by atoms with Crippen molar-refractivity contribution in [3.8, 4) is 11.1 Å². The number of aryl methyl sites for hydroxylation is 2. The van der Waals surface area contributed by atoms with Crippen molar-refractivity contribution in [1.29, 1.82) is 0 Å². The number of alkyl carbamates (subject to hydrolysis) is 1. The van der Waals surface area contributed by atoms with Gasteiger partial charge in [0, 0.05) is 25.1 Å². The lowest BCUT2D eigenvalue weighted by atomic mass is 9.88. The van der Waals surface area contributed by atoms with Crippen LogP contribution in [0.25, 0.3) is 22.2 Å². The fraction of sp³-hybridized carbons (Fsp3) is 0.476. The van der Waals surface area contributed by atoms with E-state index in [-0.39, 0.29) is 18.2 Å². The summed E-state index contributed by atoms with van der Waals surface area (Å²) in [4.78, 5) is 16.8. The number of fused-ring (bicyclic) bond motifs is 1. The van der Waals surface area contributed by atoms with Crippen molar-refractivity contribution in [2.45, 2.75) is 51.3 Å². The first-order valence-corrected chi connectivity index (χ1v) is 9.96. The highest BCUT2D eigenvalue weighted by molar-refractivity contribution is 5.84. The van der Waals surface area contributed by atoms with E-state index in [0.29, 0.717) is 19.1 Å². The van der Waals surface area contributed by atoms with Crippen LogP contribution in [0.3, 0.4) is 0 Å². The lowest BCUT2D eigenvalue weighted by Crippen LogP contribution is -2.39. The summed E-state index contributed by atoms with van der Waals surface area (Å²) in [5.74, 6) is 1.67. The van der Waals surface area contributed by atoms with Gasteiger partial charge in [-0.3, -0.25) is 0 Å². The quantitative estimate of drug-likeness (QED) is 0.721. The molecule has 8 heteroatoms. The van der Waals surface area contributed by atoms with Gasteiger partial charge in [-0.25, -0.2) is 9.78 Å². The minimum Gasteiger partial charge on any atom is -0.449 e. The topological polar surface area (TPSA) is 91.4 Å². The van der Waals surface area contributed by atoms with Crippen LogP contribution in [-0.2, 0) is 9.47 Å². The zero-order chi connectivity index (χ0) is 20.1. The van der Waals surface area contributed by atoms with E-state index in [0.717, 1.165) is 52.3 Å². The summed E-state index contributed by atoms with van der Waals surface area (Å²) in [5.41, 5.74) is 4.87. The molecule has 3 heterocycles. The molecule has 3 aromatic rings. The number of hydrogen-bond acceptors (Lipinski definition) is 6. The van der Waals surface area contributed by atoms with Crippen LogP contribution in [-0.4, -0.2) is 40.6 Å². The Morgan fingerprint density at radius 3 is 2.79 bits per heavy atom. The lowest BCUT2D eigenvalue weighted by molar-refractivity contribution is 0.00574. The number of rotatable bonds is 4. The Bertz CT molecular complexity index is 1060. The third-order valence-electron chi connectivity index (χ3n) is 6.05. The first-order chi connectivity index (χ1) is 14.0. The van der Waals surface area contributed by atoms with Gasteiger partial charge in [0.1, 0.15) is 11.6 Å². The van der Waals surface area contributed by atoms with Crippen LogP contribution in [0.4, 0.5) is 4.79 Å². The van der Waals surface area contributed by atoms with Gasteiger partial charge in [0.2, 0.25) is 0 Å². The summed E-state index contributed by atoms with van der Waals surface area (Å²) in [6.45, 7) is 4.26. The second-order valence-corrected chi connectivity index (χ2v) is 7.85.